The fourth-order valence-corrected chi connectivity index (χ4v) is 2.87. The summed E-state index contributed by atoms with van der Waals surface area (Å²) in [6.07, 6.45) is 12.0. The molecule has 0 aromatic rings. The van der Waals surface area contributed by atoms with Gasteiger partial charge in [0.25, 0.3) is 0 Å². The van der Waals surface area contributed by atoms with Crippen molar-refractivity contribution in [1.29, 1.82) is 0 Å². The highest BCUT2D eigenvalue weighted by Crippen LogP contribution is 2.18. The van der Waals surface area contributed by atoms with Crippen molar-refractivity contribution in [1.82, 2.24) is 0 Å². The van der Waals surface area contributed by atoms with Crippen molar-refractivity contribution in [3.63, 3.8) is 0 Å². The fourth-order valence-electron chi connectivity index (χ4n) is 2.87. The third kappa shape index (κ3) is 8.58. The van der Waals surface area contributed by atoms with Crippen molar-refractivity contribution >= 4 is 0 Å². The maximum atomic E-state index is 9.94. The average molecular weight is 344 g/mol. The molecule has 1 fully saturated rings. The highest BCUT2D eigenvalue weighted by molar-refractivity contribution is 4.87. The van der Waals surface area contributed by atoms with Crippen LogP contribution < -0.4 is 0 Å². The second-order valence-corrected chi connectivity index (χ2v) is 6.61. The third-order valence-electron chi connectivity index (χ3n) is 4.49. The Morgan fingerprint density at radius 2 is 1.62 bits per heavy atom. The van der Waals surface area contributed by atoms with E-state index in [0.29, 0.717) is 6.61 Å². The molecule has 1 rings (SSSR count). The van der Waals surface area contributed by atoms with Crippen LogP contribution in [0.3, 0.4) is 0 Å². The van der Waals surface area contributed by atoms with E-state index in [1.165, 1.54) is 44.9 Å². The molecule has 1 aliphatic rings. The summed E-state index contributed by atoms with van der Waals surface area (Å²) in [5.74, 6) is 0. The molecule has 4 atom stereocenters. The smallest absolute Gasteiger partial charge is 0.111 e. The number of rotatable bonds is 13. The lowest BCUT2D eigenvalue weighted by atomic mass is 10.0. The molecule has 3 N–H and O–H groups in total. The summed E-state index contributed by atoms with van der Waals surface area (Å²) in [6.45, 7) is 2.69. The largest absolute Gasteiger partial charge is 0.394 e. The zero-order valence-corrected chi connectivity index (χ0v) is 15.1. The number of hydrogen-bond donors (Lipinski definition) is 3. The molecule has 0 aromatic carbocycles. The fraction of sp³-hybridized carbons (Fsp3) is 0.895. The molecule has 1 aliphatic heterocycles. The molecule has 1 heterocycles. The van der Waals surface area contributed by atoms with Gasteiger partial charge in [0.05, 0.1) is 13.2 Å². The molecular formula is C19H36O5. The van der Waals surface area contributed by atoms with Gasteiger partial charge < -0.3 is 24.8 Å². The lowest BCUT2D eigenvalue weighted by molar-refractivity contribution is -0.208. The second-order valence-electron chi connectivity index (χ2n) is 6.61. The minimum atomic E-state index is -1.08. The minimum Gasteiger partial charge on any atom is -0.394 e. The van der Waals surface area contributed by atoms with E-state index in [1.807, 2.05) is 0 Å². The van der Waals surface area contributed by atoms with E-state index in [0.717, 1.165) is 12.8 Å². The van der Waals surface area contributed by atoms with Crippen molar-refractivity contribution in [3.8, 4) is 0 Å². The Hall–Kier alpha value is -0.460. The Kier molecular flexibility index (Phi) is 12.4. The van der Waals surface area contributed by atoms with Gasteiger partial charge in [-0.05, 0) is 25.7 Å². The number of aliphatic hydroxyl groups is 3. The zero-order valence-electron chi connectivity index (χ0n) is 15.1. The van der Waals surface area contributed by atoms with Gasteiger partial charge in [0.1, 0.15) is 24.4 Å². The van der Waals surface area contributed by atoms with E-state index >= 15 is 0 Å². The zero-order chi connectivity index (χ0) is 17.6. The number of ether oxygens (including phenoxy) is 2. The van der Waals surface area contributed by atoms with Gasteiger partial charge in [0.2, 0.25) is 0 Å². The Labute approximate surface area is 146 Å². The van der Waals surface area contributed by atoms with E-state index in [9.17, 15) is 10.2 Å². The van der Waals surface area contributed by atoms with Crippen LogP contribution in [0.4, 0.5) is 0 Å². The lowest BCUT2D eigenvalue weighted by Crippen LogP contribution is -2.55. The maximum Gasteiger partial charge on any atom is 0.111 e. The van der Waals surface area contributed by atoms with E-state index < -0.39 is 24.4 Å². The van der Waals surface area contributed by atoms with Crippen LogP contribution in [0.25, 0.3) is 0 Å². The summed E-state index contributed by atoms with van der Waals surface area (Å²) < 4.78 is 10.9. The normalized spacial score (nSPS) is 27.8. The molecule has 1 saturated heterocycles. The number of aliphatic hydroxyl groups excluding tert-OH is 3. The van der Waals surface area contributed by atoms with Crippen LogP contribution in [0.5, 0.6) is 0 Å². The Bertz CT molecular complexity index is 321. The molecule has 0 radical (unpaired) electrons. The Morgan fingerprint density at radius 3 is 2.33 bits per heavy atom. The molecule has 0 aliphatic carbocycles. The molecule has 0 aromatic heterocycles. The topological polar surface area (TPSA) is 79.2 Å². The third-order valence-corrected chi connectivity index (χ3v) is 4.49. The molecule has 142 valence electrons. The first kappa shape index (κ1) is 21.6. The average Bonchev–Trinajstić information content (AvgIpc) is 2.59. The van der Waals surface area contributed by atoms with Crippen LogP contribution >= 0.6 is 0 Å². The van der Waals surface area contributed by atoms with Gasteiger partial charge in [-0.25, -0.2) is 0 Å². The highest BCUT2D eigenvalue weighted by Gasteiger charge is 2.38. The first-order valence-electron chi connectivity index (χ1n) is 9.55. The van der Waals surface area contributed by atoms with Crippen LogP contribution in [-0.4, -0.2) is 59.6 Å². The summed E-state index contributed by atoms with van der Waals surface area (Å²) >= 11 is 0. The molecular weight excluding hydrogens is 308 g/mol. The molecule has 0 unspecified atom stereocenters. The monoisotopic (exact) mass is 344 g/mol. The standard InChI is InChI=1S/C19H36O5/c1-2-3-4-5-6-7-8-9-10-11-12-13-23-17-15-24-16(14-20)18(21)19(17)22/h4-5,16-22H,2-3,6-15H2,1H3/b5-4+/t16-,17+,18-,19-/m1/s1. The van der Waals surface area contributed by atoms with Crippen LogP contribution in [0.15, 0.2) is 12.2 Å². The summed E-state index contributed by atoms with van der Waals surface area (Å²) in [6, 6.07) is 0. The second kappa shape index (κ2) is 13.8. The van der Waals surface area contributed by atoms with Crippen LogP contribution in [0.1, 0.15) is 64.7 Å². The predicted octanol–water partition coefficient (Wildman–Crippen LogP) is 2.57. The van der Waals surface area contributed by atoms with Crippen molar-refractivity contribution in [2.24, 2.45) is 0 Å². The molecule has 0 bridgehead atoms. The van der Waals surface area contributed by atoms with Crippen molar-refractivity contribution < 1.29 is 24.8 Å². The van der Waals surface area contributed by atoms with E-state index in [4.69, 9.17) is 14.6 Å². The van der Waals surface area contributed by atoms with E-state index in [2.05, 4.69) is 19.1 Å². The minimum absolute atomic E-state index is 0.217. The number of unbranched alkanes of at least 4 members (excludes halogenated alkanes) is 7. The SMILES string of the molecule is CCC/C=C/CCCCCCCCO[C@H]1CO[C@H](CO)[C@@H](O)[C@@H]1O. The molecule has 5 heteroatoms. The molecule has 0 spiro atoms. The van der Waals surface area contributed by atoms with Gasteiger partial charge >= 0.3 is 0 Å². The van der Waals surface area contributed by atoms with Crippen molar-refractivity contribution in [2.45, 2.75) is 89.1 Å². The first-order valence-corrected chi connectivity index (χ1v) is 9.55. The van der Waals surface area contributed by atoms with Crippen LogP contribution in [-0.2, 0) is 9.47 Å². The number of hydrogen-bond acceptors (Lipinski definition) is 5. The summed E-state index contributed by atoms with van der Waals surface area (Å²) in [7, 11) is 0. The van der Waals surface area contributed by atoms with E-state index in [1.54, 1.807) is 0 Å². The predicted molar refractivity (Wildman–Crippen MR) is 94.9 cm³/mol. The summed E-state index contributed by atoms with van der Waals surface area (Å²) in [5.41, 5.74) is 0. The molecule has 5 nitrogen and oxygen atoms in total. The quantitative estimate of drug-likeness (QED) is 0.353. The molecule has 0 amide bonds. The highest BCUT2D eigenvalue weighted by atomic mass is 16.6. The molecule has 24 heavy (non-hydrogen) atoms. The number of allylic oxidation sites excluding steroid dienone is 2. The Morgan fingerprint density at radius 1 is 0.958 bits per heavy atom. The van der Waals surface area contributed by atoms with Gasteiger partial charge in [0, 0.05) is 6.61 Å². The summed E-state index contributed by atoms with van der Waals surface area (Å²) in [5, 5.41) is 28.7. The van der Waals surface area contributed by atoms with Crippen molar-refractivity contribution in [3.05, 3.63) is 12.2 Å². The van der Waals surface area contributed by atoms with E-state index in [-0.39, 0.29) is 13.2 Å². The Balaban J connectivity index is 1.93. The van der Waals surface area contributed by atoms with Crippen LogP contribution in [0, 0.1) is 0 Å². The van der Waals surface area contributed by atoms with Gasteiger partial charge in [0.15, 0.2) is 0 Å². The first-order chi connectivity index (χ1) is 11.7. The van der Waals surface area contributed by atoms with Crippen LogP contribution in [0.2, 0.25) is 0 Å². The lowest BCUT2D eigenvalue weighted by Gasteiger charge is -2.36. The van der Waals surface area contributed by atoms with Gasteiger partial charge in [-0.15, -0.1) is 0 Å². The van der Waals surface area contributed by atoms with Gasteiger partial charge in [-0.3, -0.25) is 0 Å². The summed E-state index contributed by atoms with van der Waals surface area (Å²) in [4.78, 5) is 0. The maximum absolute atomic E-state index is 9.94. The van der Waals surface area contributed by atoms with Crippen molar-refractivity contribution in [2.75, 3.05) is 19.8 Å². The van der Waals surface area contributed by atoms with Gasteiger partial charge in [-0.1, -0.05) is 51.2 Å². The molecule has 0 saturated carbocycles. The van der Waals surface area contributed by atoms with Gasteiger partial charge in [-0.2, -0.15) is 0 Å².